The van der Waals surface area contributed by atoms with E-state index in [1.807, 2.05) is 19.2 Å². The Morgan fingerprint density at radius 3 is 2.81 bits per heavy atom. The van der Waals surface area contributed by atoms with E-state index in [-0.39, 0.29) is 23.6 Å². The van der Waals surface area contributed by atoms with Crippen molar-refractivity contribution in [2.24, 2.45) is 0 Å². The molecule has 168 valence electrons. The Kier molecular flexibility index (Phi) is 6.59. The Labute approximate surface area is 183 Å². The molecule has 2 aliphatic heterocycles. The van der Waals surface area contributed by atoms with Gasteiger partial charge in [-0.15, -0.1) is 0 Å². The summed E-state index contributed by atoms with van der Waals surface area (Å²) >= 11 is 0. The van der Waals surface area contributed by atoms with Crippen molar-refractivity contribution in [3.8, 4) is 16.9 Å². The minimum absolute atomic E-state index is 0.0491. The first-order chi connectivity index (χ1) is 14.9. The van der Waals surface area contributed by atoms with Crippen LogP contribution >= 0.6 is 0 Å². The topological polar surface area (TPSA) is 95.0 Å². The molecule has 1 aromatic carbocycles. The van der Waals surface area contributed by atoms with Crippen molar-refractivity contribution in [2.75, 3.05) is 39.8 Å². The third-order valence-corrected chi connectivity index (χ3v) is 7.40. The summed E-state index contributed by atoms with van der Waals surface area (Å²) in [5.74, 6) is 0.326. The van der Waals surface area contributed by atoms with Crippen LogP contribution in [0.5, 0.6) is 5.75 Å². The van der Waals surface area contributed by atoms with Gasteiger partial charge in [-0.3, -0.25) is 14.8 Å². The summed E-state index contributed by atoms with van der Waals surface area (Å²) in [6, 6.07) is 8.93. The predicted molar refractivity (Wildman–Crippen MR) is 118 cm³/mol. The van der Waals surface area contributed by atoms with Crippen LogP contribution in [0.2, 0.25) is 0 Å². The number of aliphatic hydroxyl groups is 1. The molecule has 0 amide bonds. The normalized spacial score (nSPS) is 27.0. The Bertz CT molecular complexity index is 1000. The molecule has 0 aliphatic carbocycles. The number of ether oxygens (including phenoxy) is 1. The number of β-amino-alcohol motifs (C(OH)–C–C–N with tert-alkyl or cyclic N) is 1. The Hall–Kier alpha value is -2.04. The van der Waals surface area contributed by atoms with E-state index in [0.29, 0.717) is 18.8 Å². The summed E-state index contributed by atoms with van der Waals surface area (Å²) in [5.41, 5.74) is 1.72. The van der Waals surface area contributed by atoms with Crippen LogP contribution in [0.4, 0.5) is 0 Å². The van der Waals surface area contributed by atoms with Crippen molar-refractivity contribution in [1.82, 2.24) is 19.5 Å². The van der Waals surface area contributed by atoms with Crippen LogP contribution in [-0.4, -0.2) is 86.3 Å². The number of sulfonamides is 1. The molecule has 8 nitrogen and oxygen atoms in total. The van der Waals surface area contributed by atoms with E-state index < -0.39 is 16.1 Å². The second-order valence-corrected chi connectivity index (χ2v) is 10.1. The van der Waals surface area contributed by atoms with Gasteiger partial charge in [-0.2, -0.15) is 0 Å². The SMILES string of the molecule is CCCN1C[C@@H]2Oc3cc(-c4cccnc4)ccc3S(=O)(=O)NC[C@H](O)CN(C)[C@@H]2C1. The fraction of sp³-hybridized carbons (Fsp3) is 0.500. The average molecular weight is 447 g/mol. The van der Waals surface area contributed by atoms with Crippen LogP contribution < -0.4 is 9.46 Å². The monoisotopic (exact) mass is 446 g/mol. The zero-order valence-electron chi connectivity index (χ0n) is 17.9. The third kappa shape index (κ3) is 4.91. The number of rotatable bonds is 3. The molecule has 0 bridgehead atoms. The number of hydrogen-bond acceptors (Lipinski definition) is 7. The van der Waals surface area contributed by atoms with Crippen LogP contribution in [0.15, 0.2) is 47.6 Å². The number of likely N-dealkylation sites (tertiary alicyclic amines) is 1. The number of aliphatic hydroxyl groups excluding tert-OH is 1. The Morgan fingerprint density at radius 1 is 1.23 bits per heavy atom. The van der Waals surface area contributed by atoms with Gasteiger partial charge in [0.05, 0.1) is 12.1 Å². The second kappa shape index (κ2) is 9.22. The molecule has 0 spiro atoms. The molecular formula is C22H30N4O4S. The number of aromatic nitrogens is 1. The number of hydrogen-bond donors (Lipinski definition) is 2. The third-order valence-electron chi connectivity index (χ3n) is 5.93. The smallest absolute Gasteiger partial charge is 0.244 e. The molecule has 0 radical (unpaired) electrons. The van der Waals surface area contributed by atoms with Gasteiger partial charge < -0.3 is 9.84 Å². The van der Waals surface area contributed by atoms with Crippen LogP contribution in [0.25, 0.3) is 11.1 Å². The molecule has 31 heavy (non-hydrogen) atoms. The fourth-order valence-corrected chi connectivity index (χ4v) is 5.57. The molecule has 0 unspecified atom stereocenters. The van der Waals surface area contributed by atoms with Gasteiger partial charge in [-0.05, 0) is 43.8 Å². The molecule has 3 heterocycles. The average Bonchev–Trinajstić information content (AvgIpc) is 3.15. The molecule has 2 N–H and O–H groups in total. The van der Waals surface area contributed by atoms with E-state index in [0.717, 1.165) is 30.6 Å². The number of pyridine rings is 1. The summed E-state index contributed by atoms with van der Waals surface area (Å²) in [7, 11) is -1.88. The van der Waals surface area contributed by atoms with Crippen LogP contribution in [0, 0.1) is 0 Å². The molecular weight excluding hydrogens is 416 g/mol. The van der Waals surface area contributed by atoms with Crippen molar-refractivity contribution in [2.45, 2.75) is 36.5 Å². The molecule has 2 aliphatic rings. The minimum atomic E-state index is -3.84. The first-order valence-electron chi connectivity index (χ1n) is 10.7. The van der Waals surface area contributed by atoms with Crippen LogP contribution in [0.1, 0.15) is 13.3 Å². The number of nitrogens with one attached hydrogen (secondary N) is 1. The van der Waals surface area contributed by atoms with Gasteiger partial charge in [0.1, 0.15) is 16.7 Å². The van der Waals surface area contributed by atoms with E-state index in [4.69, 9.17) is 4.74 Å². The highest BCUT2D eigenvalue weighted by Crippen LogP contribution is 2.33. The fourth-order valence-electron chi connectivity index (χ4n) is 4.38. The van der Waals surface area contributed by atoms with E-state index in [1.54, 1.807) is 30.6 Å². The lowest BCUT2D eigenvalue weighted by molar-refractivity contribution is 0.0713. The summed E-state index contributed by atoms with van der Waals surface area (Å²) in [6.07, 6.45) is 3.46. The maximum Gasteiger partial charge on any atom is 0.244 e. The lowest BCUT2D eigenvalue weighted by Crippen LogP contribution is -2.47. The lowest BCUT2D eigenvalue weighted by Gasteiger charge is -2.30. The lowest BCUT2D eigenvalue weighted by atomic mass is 10.1. The maximum absolute atomic E-state index is 13.0. The van der Waals surface area contributed by atoms with E-state index in [9.17, 15) is 13.5 Å². The van der Waals surface area contributed by atoms with Gasteiger partial charge in [0, 0.05) is 44.1 Å². The quantitative estimate of drug-likeness (QED) is 0.731. The van der Waals surface area contributed by atoms with E-state index in [2.05, 4.69) is 26.4 Å². The van der Waals surface area contributed by atoms with Crippen molar-refractivity contribution in [3.05, 3.63) is 42.7 Å². The van der Waals surface area contributed by atoms with Gasteiger partial charge in [0.15, 0.2) is 0 Å². The first-order valence-corrected chi connectivity index (χ1v) is 12.2. The largest absolute Gasteiger partial charge is 0.486 e. The van der Waals surface area contributed by atoms with Crippen molar-refractivity contribution >= 4 is 10.0 Å². The molecule has 1 aromatic heterocycles. The summed E-state index contributed by atoms with van der Waals surface area (Å²) in [6.45, 7) is 4.94. The van der Waals surface area contributed by atoms with Gasteiger partial charge in [-0.1, -0.05) is 19.1 Å². The minimum Gasteiger partial charge on any atom is -0.486 e. The summed E-state index contributed by atoms with van der Waals surface area (Å²) < 4.78 is 35.0. The van der Waals surface area contributed by atoms with Gasteiger partial charge in [-0.25, -0.2) is 13.1 Å². The Balaban J connectivity index is 1.77. The van der Waals surface area contributed by atoms with Crippen LogP contribution in [-0.2, 0) is 10.0 Å². The van der Waals surface area contributed by atoms with Crippen molar-refractivity contribution < 1.29 is 18.3 Å². The highest BCUT2D eigenvalue weighted by atomic mass is 32.2. The Morgan fingerprint density at radius 2 is 2.06 bits per heavy atom. The van der Waals surface area contributed by atoms with Crippen molar-refractivity contribution in [1.29, 1.82) is 0 Å². The zero-order chi connectivity index (χ0) is 22.0. The standard InChI is InChI=1S/C22H30N4O4S/c1-3-9-26-14-19-21(15-26)30-20-10-16(17-5-4-8-23-11-17)6-7-22(20)31(28,29)24-12-18(27)13-25(19)2/h4-8,10-11,18-19,21,24,27H,3,9,12-15H2,1-2H3/t18-,19+,21-/m0/s1. The molecule has 3 atom stereocenters. The number of fused-ring (bicyclic) bond motifs is 2. The first kappa shape index (κ1) is 22.2. The predicted octanol–water partition coefficient (Wildman–Crippen LogP) is 1.17. The van der Waals surface area contributed by atoms with Crippen molar-refractivity contribution in [3.63, 3.8) is 0 Å². The molecule has 1 saturated heterocycles. The molecule has 2 aromatic rings. The van der Waals surface area contributed by atoms with Gasteiger partial charge in [0.25, 0.3) is 0 Å². The van der Waals surface area contributed by atoms with Gasteiger partial charge in [0.2, 0.25) is 10.0 Å². The van der Waals surface area contributed by atoms with E-state index in [1.165, 1.54) is 0 Å². The van der Waals surface area contributed by atoms with E-state index >= 15 is 0 Å². The van der Waals surface area contributed by atoms with Crippen LogP contribution in [0.3, 0.4) is 0 Å². The van der Waals surface area contributed by atoms with Gasteiger partial charge >= 0.3 is 0 Å². The molecule has 1 fully saturated rings. The number of nitrogens with zero attached hydrogens (tertiary/aromatic N) is 3. The maximum atomic E-state index is 13.0. The summed E-state index contributed by atoms with van der Waals surface area (Å²) in [4.78, 5) is 8.67. The zero-order valence-corrected chi connectivity index (χ0v) is 18.8. The highest BCUT2D eigenvalue weighted by molar-refractivity contribution is 7.89. The molecule has 9 heteroatoms. The molecule has 0 saturated carbocycles. The number of benzene rings is 1. The second-order valence-electron chi connectivity index (χ2n) is 8.33. The summed E-state index contributed by atoms with van der Waals surface area (Å²) in [5, 5.41) is 10.4. The molecule has 4 rings (SSSR count). The highest BCUT2D eigenvalue weighted by Gasteiger charge is 2.38. The number of likely N-dealkylation sites (N-methyl/N-ethyl adjacent to an activating group) is 1.